The molecule has 3 aromatic rings. The Bertz CT molecular complexity index is 1240. The van der Waals surface area contributed by atoms with Crippen molar-refractivity contribution in [3.05, 3.63) is 107 Å². The zero-order valence-electron chi connectivity index (χ0n) is 21.8. The summed E-state index contributed by atoms with van der Waals surface area (Å²) in [6.45, 7) is 4.67. The second kappa shape index (κ2) is 13.8. The summed E-state index contributed by atoms with van der Waals surface area (Å²) in [6, 6.07) is 24.8. The topological polar surface area (TPSA) is 53.1 Å². The van der Waals surface area contributed by atoms with Crippen LogP contribution in [0.3, 0.4) is 0 Å². The van der Waals surface area contributed by atoms with Crippen molar-refractivity contribution in [1.29, 1.82) is 0 Å². The molecule has 0 spiro atoms. The van der Waals surface area contributed by atoms with E-state index in [0.717, 1.165) is 36.5 Å². The highest BCUT2D eigenvalue weighted by molar-refractivity contribution is 6.33. The largest absolute Gasteiger partial charge is 0.496 e. The minimum atomic E-state index is -0.100. The van der Waals surface area contributed by atoms with Crippen LogP contribution in [0.25, 0.3) is 6.08 Å². The molecule has 4 rings (SSSR count). The van der Waals surface area contributed by atoms with Gasteiger partial charge < -0.3 is 14.5 Å². The van der Waals surface area contributed by atoms with Crippen LogP contribution in [0.5, 0.6) is 5.75 Å². The van der Waals surface area contributed by atoms with Gasteiger partial charge in [0.05, 0.1) is 24.1 Å². The molecule has 0 aromatic heterocycles. The maximum Gasteiger partial charge on any atom is 0.255 e. The van der Waals surface area contributed by atoms with Gasteiger partial charge in [-0.3, -0.25) is 14.5 Å². The number of para-hydroxylation sites is 1. The van der Waals surface area contributed by atoms with Crippen LogP contribution in [0, 0.1) is 0 Å². The number of carbonyl (C=O) groups is 2. The van der Waals surface area contributed by atoms with Gasteiger partial charge in [0, 0.05) is 51.4 Å². The minimum absolute atomic E-state index is 0.100. The second-order valence-electron chi connectivity index (χ2n) is 9.26. The van der Waals surface area contributed by atoms with Gasteiger partial charge >= 0.3 is 0 Å². The lowest BCUT2D eigenvalue weighted by Crippen LogP contribution is -2.51. The number of benzene rings is 3. The van der Waals surface area contributed by atoms with E-state index in [1.165, 1.54) is 0 Å². The molecular formula is C31H34ClN3O3. The summed E-state index contributed by atoms with van der Waals surface area (Å²) in [5.74, 6) is 0.845. The molecule has 6 nitrogen and oxygen atoms in total. The molecule has 0 aliphatic carbocycles. The monoisotopic (exact) mass is 531 g/mol. The Kier molecular flexibility index (Phi) is 9.96. The molecular weight excluding hydrogens is 498 g/mol. The Morgan fingerprint density at radius 3 is 2.34 bits per heavy atom. The van der Waals surface area contributed by atoms with Crippen molar-refractivity contribution in [1.82, 2.24) is 14.7 Å². The zero-order valence-corrected chi connectivity index (χ0v) is 22.5. The summed E-state index contributed by atoms with van der Waals surface area (Å²) in [6.07, 6.45) is 4.38. The van der Waals surface area contributed by atoms with Gasteiger partial charge in [0.2, 0.25) is 5.91 Å². The number of amides is 2. The van der Waals surface area contributed by atoms with E-state index in [9.17, 15) is 9.59 Å². The molecule has 3 aromatic carbocycles. The first-order valence-electron chi connectivity index (χ1n) is 12.9. The highest BCUT2D eigenvalue weighted by Gasteiger charge is 2.23. The number of methoxy groups -OCH3 is 1. The maximum atomic E-state index is 13.4. The third-order valence-corrected chi connectivity index (χ3v) is 7.09. The van der Waals surface area contributed by atoms with E-state index in [2.05, 4.69) is 4.90 Å². The van der Waals surface area contributed by atoms with Gasteiger partial charge in [-0.1, -0.05) is 84.4 Å². The number of hydrogen-bond acceptors (Lipinski definition) is 4. The van der Waals surface area contributed by atoms with E-state index in [1.807, 2.05) is 88.7 Å². The van der Waals surface area contributed by atoms with Gasteiger partial charge in [-0.25, -0.2) is 0 Å². The third-order valence-electron chi connectivity index (χ3n) is 6.76. The number of rotatable bonds is 10. The highest BCUT2D eigenvalue weighted by Crippen LogP contribution is 2.20. The van der Waals surface area contributed by atoms with E-state index in [4.69, 9.17) is 16.3 Å². The van der Waals surface area contributed by atoms with Crippen LogP contribution in [0.15, 0.2) is 84.9 Å². The first kappa shape index (κ1) is 27.4. The van der Waals surface area contributed by atoms with Gasteiger partial charge in [0.15, 0.2) is 0 Å². The molecule has 0 radical (unpaired) electrons. The molecule has 0 bridgehead atoms. The lowest BCUT2D eigenvalue weighted by Gasteiger charge is -2.36. The average molecular weight is 532 g/mol. The van der Waals surface area contributed by atoms with E-state index in [1.54, 1.807) is 19.2 Å². The van der Waals surface area contributed by atoms with Gasteiger partial charge in [-0.15, -0.1) is 0 Å². The van der Waals surface area contributed by atoms with Crippen LogP contribution in [-0.2, 0) is 11.2 Å². The van der Waals surface area contributed by atoms with Crippen molar-refractivity contribution in [2.45, 2.75) is 6.42 Å². The smallest absolute Gasteiger partial charge is 0.255 e. The van der Waals surface area contributed by atoms with E-state index in [-0.39, 0.29) is 11.8 Å². The summed E-state index contributed by atoms with van der Waals surface area (Å²) in [4.78, 5) is 32.2. The molecule has 7 heteroatoms. The predicted octanol–water partition coefficient (Wildman–Crippen LogP) is 4.89. The molecule has 1 aliphatic rings. The fourth-order valence-electron chi connectivity index (χ4n) is 4.56. The van der Waals surface area contributed by atoms with Crippen molar-refractivity contribution in [2.75, 3.05) is 52.9 Å². The van der Waals surface area contributed by atoms with Crippen LogP contribution in [0.4, 0.5) is 0 Å². The quantitative estimate of drug-likeness (QED) is 0.374. The highest BCUT2D eigenvalue weighted by atomic mass is 35.5. The zero-order chi connectivity index (χ0) is 26.7. The van der Waals surface area contributed by atoms with Crippen molar-refractivity contribution < 1.29 is 14.3 Å². The molecule has 0 saturated carbocycles. The first-order valence-corrected chi connectivity index (χ1v) is 13.3. The van der Waals surface area contributed by atoms with Gasteiger partial charge in [-0.05, 0) is 23.8 Å². The average Bonchev–Trinajstić information content (AvgIpc) is 2.95. The Hall–Kier alpha value is -3.61. The molecule has 0 unspecified atom stereocenters. The van der Waals surface area contributed by atoms with Crippen LogP contribution < -0.4 is 4.74 Å². The number of nitrogens with zero attached hydrogens (tertiary/aromatic N) is 3. The maximum absolute atomic E-state index is 13.4. The number of ether oxygens (including phenoxy) is 1. The molecule has 0 N–H and O–H groups in total. The van der Waals surface area contributed by atoms with Crippen LogP contribution in [-0.4, -0.2) is 79.4 Å². The number of piperazine rings is 1. The fraction of sp³-hybridized carbons (Fsp3) is 0.290. The summed E-state index contributed by atoms with van der Waals surface area (Å²) in [7, 11) is 1.65. The molecule has 198 valence electrons. The van der Waals surface area contributed by atoms with E-state index >= 15 is 0 Å². The van der Waals surface area contributed by atoms with Crippen molar-refractivity contribution >= 4 is 29.5 Å². The van der Waals surface area contributed by atoms with Crippen LogP contribution in [0.2, 0.25) is 5.02 Å². The van der Waals surface area contributed by atoms with E-state index < -0.39 is 0 Å². The molecule has 38 heavy (non-hydrogen) atoms. The number of carbonyl (C=O) groups excluding carboxylic acids is 2. The van der Waals surface area contributed by atoms with Gasteiger partial charge in [0.25, 0.3) is 5.91 Å². The summed E-state index contributed by atoms with van der Waals surface area (Å²) in [5.41, 5.74) is 2.49. The standard InChI is InChI=1S/C31H34ClN3O3/c1-38-29-16-8-5-12-26(29)13-9-17-35(31(37)27-14-6-7-15-28(27)32)23-20-33-18-21-34(22-19-33)30(36)24-25-10-3-2-4-11-25/h2-16H,17-24H2,1H3. The lowest BCUT2D eigenvalue weighted by atomic mass is 10.1. The second-order valence-corrected chi connectivity index (χ2v) is 9.67. The van der Waals surface area contributed by atoms with Crippen molar-refractivity contribution in [3.8, 4) is 5.75 Å². The van der Waals surface area contributed by atoms with Gasteiger partial charge in [0.1, 0.15) is 5.75 Å². The number of hydrogen-bond donors (Lipinski definition) is 0. The summed E-state index contributed by atoms with van der Waals surface area (Å²) in [5, 5.41) is 0.446. The van der Waals surface area contributed by atoms with Crippen LogP contribution >= 0.6 is 11.6 Å². The Morgan fingerprint density at radius 2 is 1.61 bits per heavy atom. The molecule has 1 aliphatic heterocycles. The molecule has 1 fully saturated rings. The lowest BCUT2D eigenvalue weighted by molar-refractivity contribution is -0.132. The molecule has 0 atom stereocenters. The number of halogens is 1. The predicted molar refractivity (Wildman–Crippen MR) is 153 cm³/mol. The Balaban J connectivity index is 1.36. The summed E-state index contributed by atoms with van der Waals surface area (Å²) < 4.78 is 5.44. The Labute approximate surface area is 230 Å². The van der Waals surface area contributed by atoms with Crippen molar-refractivity contribution in [2.24, 2.45) is 0 Å². The normalized spacial score (nSPS) is 14.0. The van der Waals surface area contributed by atoms with Crippen molar-refractivity contribution in [3.63, 3.8) is 0 Å². The molecule has 1 heterocycles. The molecule has 1 saturated heterocycles. The minimum Gasteiger partial charge on any atom is -0.496 e. The summed E-state index contributed by atoms with van der Waals surface area (Å²) >= 11 is 6.36. The molecule has 2 amide bonds. The fourth-order valence-corrected chi connectivity index (χ4v) is 4.77. The first-order chi connectivity index (χ1) is 18.5. The third kappa shape index (κ3) is 7.46. The SMILES string of the molecule is COc1ccccc1C=CCN(CCN1CCN(C(=O)Cc2ccccc2)CC1)C(=O)c1ccccc1Cl. The van der Waals surface area contributed by atoms with Crippen LogP contribution in [0.1, 0.15) is 21.5 Å². The Morgan fingerprint density at radius 1 is 0.921 bits per heavy atom. The van der Waals surface area contributed by atoms with E-state index in [0.29, 0.717) is 43.2 Å². The van der Waals surface area contributed by atoms with Gasteiger partial charge in [-0.2, -0.15) is 0 Å².